The zero-order valence-corrected chi connectivity index (χ0v) is 22.8. The number of hydrogen-bond donors (Lipinski definition) is 0. The second-order valence-corrected chi connectivity index (χ2v) is 12.8. The molecule has 0 radical (unpaired) electrons. The molecular weight excluding hydrogens is 565 g/mol. The summed E-state index contributed by atoms with van der Waals surface area (Å²) in [6.45, 7) is 2.95. The molecule has 1 saturated heterocycles. The van der Waals surface area contributed by atoms with Gasteiger partial charge in [-0.2, -0.15) is 26.3 Å². The summed E-state index contributed by atoms with van der Waals surface area (Å²) in [7, 11) is -2.30. The molecule has 4 rings (SSSR count). The minimum absolute atomic E-state index is 0.0292. The number of sulfonamides is 1. The van der Waals surface area contributed by atoms with E-state index >= 15 is 0 Å². The molecule has 1 aliphatic carbocycles. The smallest absolute Gasteiger partial charge is 0.339 e. The van der Waals surface area contributed by atoms with E-state index in [0.29, 0.717) is 36.1 Å². The molecule has 13 heteroatoms. The van der Waals surface area contributed by atoms with Gasteiger partial charge in [0.15, 0.2) is 0 Å². The Labute approximate surface area is 228 Å². The lowest BCUT2D eigenvalue weighted by atomic mass is 9.78. The molecule has 220 valence electrons. The Bertz CT molecular complexity index is 1360. The molecule has 2 aromatic carbocycles. The highest BCUT2D eigenvalue weighted by Crippen LogP contribution is 2.42. The van der Waals surface area contributed by atoms with Crippen LogP contribution in [0.1, 0.15) is 66.0 Å². The molecule has 3 atom stereocenters. The zero-order valence-electron chi connectivity index (χ0n) is 22.0. The third-order valence-corrected chi connectivity index (χ3v) is 10.2. The first-order valence-corrected chi connectivity index (χ1v) is 14.2. The monoisotopic (exact) mass is 594 g/mol. The third kappa shape index (κ3) is 6.14. The van der Waals surface area contributed by atoms with Crippen LogP contribution in [0.15, 0.2) is 36.4 Å². The van der Waals surface area contributed by atoms with Gasteiger partial charge in [-0.15, -0.1) is 0 Å². The predicted molar refractivity (Wildman–Crippen MR) is 133 cm³/mol. The fraction of sp³-hybridized carbons (Fsp3) is 0.519. The second-order valence-electron chi connectivity index (χ2n) is 10.6. The van der Waals surface area contributed by atoms with Crippen molar-refractivity contribution < 1.29 is 43.9 Å². The van der Waals surface area contributed by atoms with E-state index in [1.54, 1.807) is 6.92 Å². The number of hydrogen-bond acceptors (Lipinski definition) is 3. The van der Waals surface area contributed by atoms with Crippen molar-refractivity contribution in [3.63, 3.8) is 0 Å². The van der Waals surface area contributed by atoms with E-state index in [4.69, 9.17) is 0 Å². The van der Waals surface area contributed by atoms with Crippen molar-refractivity contribution in [2.24, 2.45) is 5.92 Å². The first kappa shape index (κ1) is 30.3. The molecule has 1 saturated carbocycles. The van der Waals surface area contributed by atoms with Crippen LogP contribution in [0.4, 0.5) is 30.7 Å². The fourth-order valence-corrected chi connectivity index (χ4v) is 7.17. The molecule has 0 bridgehead atoms. The molecule has 2 aromatic rings. The maximum absolute atomic E-state index is 13.9. The second kappa shape index (κ2) is 10.6. The number of nitrogens with zero attached hydrogens (tertiary/aromatic N) is 2. The van der Waals surface area contributed by atoms with Gasteiger partial charge in [0.1, 0.15) is 5.82 Å². The molecule has 0 N–H and O–H groups in total. The van der Waals surface area contributed by atoms with Gasteiger partial charge in [0.05, 0.1) is 22.4 Å². The summed E-state index contributed by atoms with van der Waals surface area (Å²) in [5.74, 6) is -2.61. The number of benzene rings is 2. The number of alkyl halides is 6. The molecule has 40 heavy (non-hydrogen) atoms. The van der Waals surface area contributed by atoms with Crippen LogP contribution < -0.4 is 0 Å². The van der Waals surface area contributed by atoms with Gasteiger partial charge in [0, 0.05) is 32.0 Å². The molecule has 5 nitrogen and oxygen atoms in total. The largest absolute Gasteiger partial charge is 0.416 e. The fourth-order valence-electron chi connectivity index (χ4n) is 5.29. The molecule has 0 spiro atoms. The van der Waals surface area contributed by atoms with Gasteiger partial charge < -0.3 is 4.90 Å². The first-order valence-electron chi connectivity index (χ1n) is 12.7. The number of carbonyl (C=O) groups excluding carboxylic acids is 1. The summed E-state index contributed by atoms with van der Waals surface area (Å²) >= 11 is 0. The SMILES string of the molecule is Cc1cc(F)ccc1C1CN(S(=O)(=O)C2CC2)CCC1C(=O)N(C)[C@@H](C)c1cc(C(F)(F)F)cc(C(F)(F)F)c1. The number of carbonyl (C=O) groups is 1. The van der Waals surface area contributed by atoms with Crippen molar-refractivity contribution in [1.29, 1.82) is 0 Å². The topological polar surface area (TPSA) is 57.7 Å². The molecule has 2 fully saturated rings. The van der Waals surface area contributed by atoms with Gasteiger partial charge >= 0.3 is 12.4 Å². The number of aryl methyl sites for hydroxylation is 1. The summed E-state index contributed by atoms with van der Waals surface area (Å²) in [6.07, 6.45) is -8.91. The van der Waals surface area contributed by atoms with Crippen molar-refractivity contribution in [2.75, 3.05) is 20.1 Å². The highest BCUT2D eigenvalue weighted by molar-refractivity contribution is 7.90. The Hall–Kier alpha value is -2.67. The van der Waals surface area contributed by atoms with Crippen molar-refractivity contribution in [3.05, 3.63) is 70.0 Å². The average Bonchev–Trinajstić information content (AvgIpc) is 3.72. The number of halogens is 7. The normalized spacial score (nSPS) is 21.8. The number of piperidine rings is 1. The number of amides is 1. The van der Waals surface area contributed by atoms with Crippen molar-refractivity contribution >= 4 is 15.9 Å². The standard InChI is InChI=1S/C27H29F7N2O3S/c1-15-10-20(28)4-7-22(15)24-14-36(40(38,39)21-5-6-21)9-8-23(24)25(37)35(3)16(2)17-11-18(26(29,30)31)13-19(12-17)27(32,33)34/h4,7,10-13,16,21,23-24H,5-6,8-9,14H2,1-3H3/t16-,23?,24?/m0/s1. The van der Waals surface area contributed by atoms with E-state index in [2.05, 4.69) is 0 Å². The van der Waals surface area contributed by atoms with E-state index in [1.165, 1.54) is 36.5 Å². The van der Waals surface area contributed by atoms with Gasteiger partial charge in [-0.1, -0.05) is 6.07 Å². The van der Waals surface area contributed by atoms with Crippen LogP contribution in [0.5, 0.6) is 0 Å². The van der Waals surface area contributed by atoms with E-state index < -0.39 is 68.4 Å². The van der Waals surface area contributed by atoms with E-state index in [0.717, 1.165) is 4.90 Å². The lowest BCUT2D eigenvalue weighted by Crippen LogP contribution is -2.49. The molecule has 1 heterocycles. The Balaban J connectivity index is 1.68. The number of rotatable bonds is 6. The predicted octanol–water partition coefficient (Wildman–Crippen LogP) is 6.29. The zero-order chi connectivity index (χ0) is 29.8. The summed E-state index contributed by atoms with van der Waals surface area (Å²) in [5, 5.41) is -0.485. The van der Waals surface area contributed by atoms with Crippen LogP contribution in [0.3, 0.4) is 0 Å². The lowest BCUT2D eigenvalue weighted by Gasteiger charge is -2.40. The van der Waals surface area contributed by atoms with Crippen LogP contribution >= 0.6 is 0 Å². The maximum Gasteiger partial charge on any atom is 0.416 e. The average molecular weight is 595 g/mol. The van der Waals surface area contributed by atoms with Crippen LogP contribution in [0.25, 0.3) is 0 Å². The van der Waals surface area contributed by atoms with Crippen LogP contribution in [0, 0.1) is 18.7 Å². The minimum Gasteiger partial charge on any atom is -0.339 e. The Morgan fingerprint density at radius 2 is 1.55 bits per heavy atom. The summed E-state index contributed by atoms with van der Waals surface area (Å²) < 4.78 is 122. The minimum atomic E-state index is -5.04. The van der Waals surface area contributed by atoms with Gasteiger partial charge in [-0.25, -0.2) is 17.1 Å². The molecule has 0 aromatic heterocycles. The first-order chi connectivity index (χ1) is 18.4. The molecule has 1 amide bonds. The molecule has 2 aliphatic rings. The quantitative estimate of drug-likeness (QED) is 0.370. The Morgan fingerprint density at radius 3 is 2.05 bits per heavy atom. The Kier molecular flexibility index (Phi) is 8.05. The van der Waals surface area contributed by atoms with E-state index in [-0.39, 0.29) is 31.1 Å². The van der Waals surface area contributed by atoms with Crippen LogP contribution in [-0.4, -0.2) is 48.9 Å². The van der Waals surface area contributed by atoms with E-state index in [1.807, 2.05) is 0 Å². The van der Waals surface area contributed by atoms with Crippen LogP contribution in [-0.2, 0) is 27.2 Å². The highest BCUT2D eigenvalue weighted by Gasteiger charge is 2.46. The molecule has 2 unspecified atom stereocenters. The van der Waals surface area contributed by atoms with Gasteiger partial charge in [-0.05, 0) is 80.1 Å². The lowest BCUT2D eigenvalue weighted by molar-refractivity contribution is -0.143. The van der Waals surface area contributed by atoms with Crippen LogP contribution in [0.2, 0.25) is 0 Å². The van der Waals surface area contributed by atoms with Gasteiger partial charge in [0.25, 0.3) is 0 Å². The summed E-state index contributed by atoms with van der Waals surface area (Å²) in [4.78, 5) is 14.9. The van der Waals surface area contributed by atoms with Gasteiger partial charge in [0.2, 0.25) is 15.9 Å². The summed E-state index contributed by atoms with van der Waals surface area (Å²) in [6, 6.07) is 3.99. The molecule has 1 aliphatic heterocycles. The van der Waals surface area contributed by atoms with Crippen molar-refractivity contribution in [1.82, 2.24) is 9.21 Å². The molecular formula is C27H29F7N2O3S. The van der Waals surface area contributed by atoms with Crippen molar-refractivity contribution in [2.45, 2.75) is 62.7 Å². The van der Waals surface area contributed by atoms with Gasteiger partial charge in [-0.3, -0.25) is 4.79 Å². The van der Waals surface area contributed by atoms with E-state index in [9.17, 15) is 43.9 Å². The highest BCUT2D eigenvalue weighted by atomic mass is 32.2. The Morgan fingerprint density at radius 1 is 0.975 bits per heavy atom. The summed E-state index contributed by atoms with van der Waals surface area (Å²) in [5.41, 5.74) is -2.26. The maximum atomic E-state index is 13.9. The van der Waals surface area contributed by atoms with Crippen molar-refractivity contribution in [3.8, 4) is 0 Å². The third-order valence-electron chi connectivity index (χ3n) is 7.85.